The fourth-order valence-corrected chi connectivity index (χ4v) is 4.27. The lowest BCUT2D eigenvalue weighted by Crippen LogP contribution is -2.31. The Morgan fingerprint density at radius 2 is 1.53 bits per heavy atom. The standard InChI is InChI=1S/C25H22N4O.2C2H6/c1-17-14-21(18-8-4-2-5-9-18)22-15-20(12-13-23(22)28-17)25(30,24-26-16-27-29-24)19-10-6-3-7-11-19;2*1-2/h2-13,15-16,21,28,30H,1,14H2,(H,26,27,29);2*1-2H3. The van der Waals surface area contributed by atoms with Crippen LogP contribution in [0, 0.1) is 0 Å². The molecule has 0 radical (unpaired) electrons. The van der Waals surface area contributed by atoms with E-state index in [0.29, 0.717) is 5.82 Å². The summed E-state index contributed by atoms with van der Waals surface area (Å²) in [7, 11) is 0. The quantitative estimate of drug-likeness (QED) is 0.325. The molecule has 0 bridgehead atoms. The second-order valence-electron chi connectivity index (χ2n) is 7.61. The Bertz CT molecular complexity index is 1170. The third kappa shape index (κ3) is 4.80. The summed E-state index contributed by atoms with van der Waals surface area (Å²) in [4.78, 5) is 4.30. The maximum absolute atomic E-state index is 12.0. The molecule has 5 heteroatoms. The zero-order valence-corrected chi connectivity index (χ0v) is 20.4. The van der Waals surface area contributed by atoms with Crippen molar-refractivity contribution in [2.75, 3.05) is 5.32 Å². The minimum Gasteiger partial charge on any atom is -0.373 e. The van der Waals surface area contributed by atoms with Crippen molar-refractivity contribution >= 4 is 5.69 Å². The second-order valence-corrected chi connectivity index (χ2v) is 7.61. The molecule has 0 saturated heterocycles. The Hall–Kier alpha value is -3.70. The van der Waals surface area contributed by atoms with E-state index in [-0.39, 0.29) is 5.92 Å². The lowest BCUT2D eigenvalue weighted by molar-refractivity contribution is 0.116. The van der Waals surface area contributed by atoms with E-state index in [0.717, 1.165) is 34.5 Å². The molecule has 1 aliphatic heterocycles. The van der Waals surface area contributed by atoms with E-state index in [4.69, 9.17) is 0 Å². The first-order valence-corrected chi connectivity index (χ1v) is 11.9. The Labute approximate surface area is 202 Å². The molecule has 0 aliphatic carbocycles. The van der Waals surface area contributed by atoms with Crippen molar-refractivity contribution < 1.29 is 5.11 Å². The fraction of sp³-hybridized carbons (Fsp3) is 0.241. The average molecular weight is 455 g/mol. The summed E-state index contributed by atoms with van der Waals surface area (Å²) in [6.45, 7) is 12.2. The smallest absolute Gasteiger partial charge is 0.174 e. The summed E-state index contributed by atoms with van der Waals surface area (Å²) < 4.78 is 0. The molecule has 0 fully saturated rings. The van der Waals surface area contributed by atoms with Crippen LogP contribution in [0.4, 0.5) is 5.69 Å². The third-order valence-corrected chi connectivity index (χ3v) is 5.76. The van der Waals surface area contributed by atoms with E-state index >= 15 is 0 Å². The van der Waals surface area contributed by atoms with Crippen molar-refractivity contribution in [3.05, 3.63) is 126 Å². The van der Waals surface area contributed by atoms with Crippen LogP contribution in [0.5, 0.6) is 0 Å². The first-order valence-electron chi connectivity index (χ1n) is 11.9. The van der Waals surface area contributed by atoms with Gasteiger partial charge in [-0.25, -0.2) is 4.98 Å². The minimum atomic E-state index is -1.44. The van der Waals surface area contributed by atoms with Crippen molar-refractivity contribution in [1.82, 2.24) is 15.2 Å². The zero-order valence-electron chi connectivity index (χ0n) is 20.4. The molecular weight excluding hydrogens is 420 g/mol. The minimum absolute atomic E-state index is 0.157. The van der Waals surface area contributed by atoms with Gasteiger partial charge in [0.2, 0.25) is 0 Å². The first kappa shape index (κ1) is 24.9. The summed E-state index contributed by atoms with van der Waals surface area (Å²) in [5.74, 6) is 0.544. The van der Waals surface area contributed by atoms with Crippen molar-refractivity contribution in [3.8, 4) is 0 Å². The van der Waals surface area contributed by atoms with Gasteiger partial charge in [0.25, 0.3) is 0 Å². The normalized spacial score (nSPS) is 15.9. The predicted octanol–water partition coefficient (Wildman–Crippen LogP) is 6.60. The number of anilines is 1. The molecule has 1 aromatic heterocycles. The lowest BCUT2D eigenvalue weighted by atomic mass is 9.79. The summed E-state index contributed by atoms with van der Waals surface area (Å²) in [5.41, 5.74) is 4.36. The average Bonchev–Trinajstić information content (AvgIpc) is 3.46. The van der Waals surface area contributed by atoms with Gasteiger partial charge in [0.05, 0.1) is 0 Å². The highest BCUT2D eigenvalue weighted by atomic mass is 16.3. The van der Waals surface area contributed by atoms with Gasteiger partial charge in [-0.1, -0.05) is 101 Å². The highest BCUT2D eigenvalue weighted by molar-refractivity contribution is 5.64. The zero-order chi connectivity index (χ0) is 24.6. The Morgan fingerprint density at radius 3 is 2.15 bits per heavy atom. The topological polar surface area (TPSA) is 73.8 Å². The summed E-state index contributed by atoms with van der Waals surface area (Å²) in [6, 6.07) is 26.0. The first-order chi connectivity index (χ1) is 16.7. The van der Waals surface area contributed by atoms with Crippen LogP contribution in [0.1, 0.15) is 68.1 Å². The van der Waals surface area contributed by atoms with Crippen molar-refractivity contribution in [2.24, 2.45) is 0 Å². The van der Waals surface area contributed by atoms with Gasteiger partial charge in [-0.15, -0.1) is 0 Å². The van der Waals surface area contributed by atoms with E-state index in [9.17, 15) is 5.11 Å². The molecule has 5 rings (SSSR count). The number of rotatable bonds is 4. The molecule has 0 amide bonds. The number of allylic oxidation sites excluding steroid dienone is 1. The van der Waals surface area contributed by atoms with Gasteiger partial charge in [0, 0.05) is 17.3 Å². The molecule has 2 heterocycles. The number of aliphatic hydroxyl groups is 1. The number of nitrogens with one attached hydrogen (secondary N) is 2. The number of H-pyrrole nitrogens is 1. The molecule has 2 atom stereocenters. The highest BCUT2D eigenvalue weighted by Crippen LogP contribution is 2.43. The van der Waals surface area contributed by atoms with Gasteiger partial charge in [-0.2, -0.15) is 5.10 Å². The number of nitrogens with zero attached hydrogens (tertiary/aromatic N) is 2. The number of aromatic nitrogens is 3. The SMILES string of the molecule is C=C1CC(c2ccccc2)c2cc(C(O)(c3ccccc3)c3ncn[nH]3)ccc2N1.CC.CC. The van der Waals surface area contributed by atoms with E-state index in [1.807, 2.05) is 76.2 Å². The van der Waals surface area contributed by atoms with Crippen LogP contribution in [-0.2, 0) is 5.60 Å². The van der Waals surface area contributed by atoms with E-state index in [1.54, 1.807) is 0 Å². The number of aromatic amines is 1. The van der Waals surface area contributed by atoms with Crippen LogP contribution in [-0.4, -0.2) is 20.3 Å². The number of hydrogen-bond donors (Lipinski definition) is 3. The van der Waals surface area contributed by atoms with Gasteiger partial charge >= 0.3 is 0 Å². The Balaban J connectivity index is 0.000000771. The molecule has 5 nitrogen and oxygen atoms in total. The predicted molar refractivity (Wildman–Crippen MR) is 140 cm³/mol. The van der Waals surface area contributed by atoms with E-state index in [1.165, 1.54) is 11.9 Å². The molecule has 0 saturated carbocycles. The summed E-state index contributed by atoms with van der Waals surface area (Å²) in [5, 5.41) is 22.2. The Morgan fingerprint density at radius 1 is 0.882 bits per heavy atom. The summed E-state index contributed by atoms with van der Waals surface area (Å²) >= 11 is 0. The van der Waals surface area contributed by atoms with Crippen molar-refractivity contribution in [3.63, 3.8) is 0 Å². The van der Waals surface area contributed by atoms with E-state index in [2.05, 4.69) is 57.4 Å². The third-order valence-electron chi connectivity index (χ3n) is 5.76. The van der Waals surface area contributed by atoms with Gasteiger partial charge in [0.1, 0.15) is 6.33 Å². The molecule has 3 aromatic carbocycles. The summed E-state index contributed by atoms with van der Waals surface area (Å²) in [6.07, 6.45) is 2.21. The van der Waals surface area contributed by atoms with Crippen LogP contribution in [0.25, 0.3) is 0 Å². The largest absolute Gasteiger partial charge is 0.373 e. The van der Waals surface area contributed by atoms with Crippen LogP contribution < -0.4 is 5.32 Å². The van der Waals surface area contributed by atoms with Crippen LogP contribution in [0.2, 0.25) is 0 Å². The second kappa shape index (κ2) is 11.4. The maximum atomic E-state index is 12.0. The van der Waals surface area contributed by atoms with Gasteiger partial charge in [0.15, 0.2) is 11.4 Å². The number of benzene rings is 3. The lowest BCUT2D eigenvalue weighted by Gasteiger charge is -2.32. The molecule has 3 N–H and O–H groups in total. The molecule has 0 spiro atoms. The van der Waals surface area contributed by atoms with E-state index < -0.39 is 5.60 Å². The van der Waals surface area contributed by atoms with Crippen LogP contribution in [0.3, 0.4) is 0 Å². The molecule has 1 aliphatic rings. The number of hydrogen-bond acceptors (Lipinski definition) is 4. The number of fused-ring (bicyclic) bond motifs is 1. The van der Waals surface area contributed by atoms with Gasteiger partial charge < -0.3 is 10.4 Å². The molecule has 34 heavy (non-hydrogen) atoms. The Kier molecular flexibility index (Phi) is 8.39. The molecule has 176 valence electrons. The van der Waals surface area contributed by atoms with Crippen LogP contribution >= 0.6 is 0 Å². The molecular formula is C29H34N4O. The van der Waals surface area contributed by atoms with Crippen LogP contribution in [0.15, 0.2) is 97.5 Å². The molecule has 2 unspecified atom stereocenters. The monoisotopic (exact) mass is 454 g/mol. The molecule has 4 aromatic rings. The van der Waals surface area contributed by atoms with Gasteiger partial charge in [-0.3, -0.25) is 5.10 Å². The van der Waals surface area contributed by atoms with Crippen molar-refractivity contribution in [2.45, 2.75) is 45.6 Å². The van der Waals surface area contributed by atoms with Gasteiger partial charge in [-0.05, 0) is 40.8 Å². The highest BCUT2D eigenvalue weighted by Gasteiger charge is 2.38. The fourth-order valence-electron chi connectivity index (χ4n) is 4.27. The maximum Gasteiger partial charge on any atom is 0.174 e. The van der Waals surface area contributed by atoms with Crippen molar-refractivity contribution in [1.29, 1.82) is 0 Å².